The van der Waals surface area contributed by atoms with Crippen molar-refractivity contribution in [3.63, 3.8) is 0 Å². The summed E-state index contributed by atoms with van der Waals surface area (Å²) in [6.45, 7) is 4.42. The van der Waals surface area contributed by atoms with Crippen LogP contribution in [-0.4, -0.2) is 20.9 Å². The van der Waals surface area contributed by atoms with Crippen LogP contribution in [0.4, 0.5) is 0 Å². The summed E-state index contributed by atoms with van der Waals surface area (Å²) in [4.78, 5) is 0. The van der Waals surface area contributed by atoms with E-state index in [2.05, 4.69) is 23.7 Å². The van der Waals surface area contributed by atoms with E-state index in [4.69, 9.17) is 0 Å². The zero-order valence-corrected chi connectivity index (χ0v) is 9.27. The second-order valence-corrected chi connectivity index (χ2v) is 4.80. The monoisotopic (exact) mass is 254 g/mol. The average Bonchev–Trinajstić information content (AvgIpc) is 1.97. The summed E-state index contributed by atoms with van der Waals surface area (Å²) < 4.78 is 4.72. The molecule has 0 rings (SSSR count). The van der Waals surface area contributed by atoms with Gasteiger partial charge in [0.15, 0.2) is 0 Å². The van der Waals surface area contributed by atoms with Crippen LogP contribution < -0.4 is 0 Å². The summed E-state index contributed by atoms with van der Waals surface area (Å²) in [7, 11) is 0. The quantitative estimate of drug-likeness (QED) is 0.410. The first-order valence-corrected chi connectivity index (χ1v) is 6.82. The minimum absolute atomic E-state index is 0.0884. The van der Waals surface area contributed by atoms with E-state index >= 15 is 0 Å². The fraction of sp³-hybridized carbons (Fsp3) is 0.778. The first kappa shape index (κ1) is 10.3. The Kier molecular flexibility index (Phi) is 9.68. The molecule has 0 aliphatic rings. The molecule has 0 aromatic heterocycles. The summed E-state index contributed by atoms with van der Waals surface area (Å²) in [5.41, 5.74) is 0. The fourth-order valence-electron chi connectivity index (χ4n) is 0.495. The van der Waals surface area contributed by atoms with Gasteiger partial charge in [-0.05, 0) is 0 Å². The SMILES string of the molecule is CCCC#C[Te]CCCC. The first-order valence-electron chi connectivity index (χ1n) is 4.01. The van der Waals surface area contributed by atoms with E-state index in [1.165, 1.54) is 23.7 Å². The topological polar surface area (TPSA) is 0 Å². The first-order chi connectivity index (χ1) is 4.91. The van der Waals surface area contributed by atoms with Gasteiger partial charge >= 0.3 is 74.8 Å². The molecule has 0 radical (unpaired) electrons. The van der Waals surface area contributed by atoms with Crippen LogP contribution in [-0.2, 0) is 0 Å². The molecule has 10 heavy (non-hydrogen) atoms. The summed E-state index contributed by atoms with van der Waals surface area (Å²) >= 11 is 0.0884. The predicted molar refractivity (Wildman–Crippen MR) is 48.2 cm³/mol. The minimum atomic E-state index is 0.0884. The Hall–Kier alpha value is 0.350. The van der Waals surface area contributed by atoms with Crippen LogP contribution in [0.5, 0.6) is 0 Å². The second-order valence-electron chi connectivity index (χ2n) is 2.23. The molecule has 0 unspecified atom stereocenters. The Labute approximate surface area is 74.9 Å². The van der Waals surface area contributed by atoms with Crippen molar-refractivity contribution in [3.05, 3.63) is 0 Å². The van der Waals surface area contributed by atoms with Crippen molar-refractivity contribution in [1.29, 1.82) is 0 Å². The van der Waals surface area contributed by atoms with Gasteiger partial charge in [-0.3, -0.25) is 0 Å². The van der Waals surface area contributed by atoms with Crippen molar-refractivity contribution in [3.8, 4) is 9.89 Å². The molecule has 0 atom stereocenters. The van der Waals surface area contributed by atoms with Crippen LogP contribution in [0.1, 0.15) is 39.5 Å². The molecule has 0 nitrogen and oxygen atoms in total. The van der Waals surface area contributed by atoms with E-state index in [0.29, 0.717) is 0 Å². The Balaban J connectivity index is 2.96. The summed E-state index contributed by atoms with van der Waals surface area (Å²) in [6.07, 6.45) is 5.05. The van der Waals surface area contributed by atoms with Crippen molar-refractivity contribution in [2.45, 2.75) is 44.0 Å². The molecular formula is C9H16Te. The van der Waals surface area contributed by atoms with Gasteiger partial charge in [-0.15, -0.1) is 0 Å². The van der Waals surface area contributed by atoms with Gasteiger partial charge in [0, 0.05) is 0 Å². The number of hydrogen-bond acceptors (Lipinski definition) is 0. The number of unbranched alkanes of at least 4 members (excludes halogenated alkanes) is 2. The maximum absolute atomic E-state index is 3.30. The normalized spacial score (nSPS) is 8.60. The Bertz CT molecular complexity index is 108. The van der Waals surface area contributed by atoms with Gasteiger partial charge in [0.25, 0.3) is 0 Å². The molecule has 58 valence electrons. The molecule has 0 aromatic carbocycles. The van der Waals surface area contributed by atoms with Gasteiger partial charge in [-0.2, -0.15) is 0 Å². The van der Waals surface area contributed by atoms with Gasteiger partial charge in [-0.25, -0.2) is 0 Å². The molecule has 0 amide bonds. The zero-order chi connectivity index (χ0) is 7.66. The van der Waals surface area contributed by atoms with Crippen LogP contribution in [0, 0.1) is 9.89 Å². The third kappa shape index (κ3) is 8.35. The van der Waals surface area contributed by atoms with Crippen LogP contribution in [0.3, 0.4) is 0 Å². The van der Waals surface area contributed by atoms with Gasteiger partial charge in [0.1, 0.15) is 0 Å². The molecule has 0 bridgehead atoms. The summed E-state index contributed by atoms with van der Waals surface area (Å²) in [5.74, 6) is 3.20. The third-order valence-corrected chi connectivity index (χ3v) is 3.35. The zero-order valence-electron chi connectivity index (χ0n) is 6.94. The number of rotatable bonds is 4. The van der Waals surface area contributed by atoms with Crippen molar-refractivity contribution in [2.75, 3.05) is 0 Å². The van der Waals surface area contributed by atoms with Crippen LogP contribution >= 0.6 is 0 Å². The molecule has 1 heteroatoms. The van der Waals surface area contributed by atoms with E-state index in [9.17, 15) is 0 Å². The molecule has 0 saturated carbocycles. The van der Waals surface area contributed by atoms with Gasteiger partial charge in [0.2, 0.25) is 0 Å². The standard InChI is InChI=1S/C9H16Te/c1-3-5-7-9-10-8-6-4-2/h3-6,8H2,1-2H3. The van der Waals surface area contributed by atoms with Gasteiger partial charge in [0.05, 0.1) is 0 Å². The molecule has 0 N–H and O–H groups in total. The van der Waals surface area contributed by atoms with Crippen molar-refractivity contribution < 1.29 is 0 Å². The molecule has 0 aliphatic heterocycles. The van der Waals surface area contributed by atoms with E-state index in [0.717, 1.165) is 6.42 Å². The van der Waals surface area contributed by atoms with Crippen LogP contribution in [0.25, 0.3) is 0 Å². The molecule has 0 aromatic rings. The van der Waals surface area contributed by atoms with Crippen LogP contribution in [0.15, 0.2) is 0 Å². The van der Waals surface area contributed by atoms with Crippen LogP contribution in [0.2, 0.25) is 4.47 Å². The third-order valence-electron chi connectivity index (χ3n) is 1.12. The fourth-order valence-corrected chi connectivity index (χ4v) is 2.60. The average molecular weight is 252 g/mol. The van der Waals surface area contributed by atoms with E-state index in [-0.39, 0.29) is 20.9 Å². The van der Waals surface area contributed by atoms with Gasteiger partial charge in [-0.1, -0.05) is 0 Å². The molecule has 0 spiro atoms. The Morgan fingerprint density at radius 1 is 1.20 bits per heavy atom. The van der Waals surface area contributed by atoms with Crippen molar-refractivity contribution in [1.82, 2.24) is 0 Å². The van der Waals surface area contributed by atoms with E-state index in [1.54, 1.807) is 0 Å². The number of hydrogen-bond donors (Lipinski definition) is 0. The molecule has 0 aliphatic carbocycles. The van der Waals surface area contributed by atoms with E-state index < -0.39 is 0 Å². The Morgan fingerprint density at radius 2 is 2.00 bits per heavy atom. The predicted octanol–water partition coefficient (Wildman–Crippen LogP) is 2.67. The van der Waals surface area contributed by atoms with Crippen molar-refractivity contribution >= 4 is 20.9 Å². The molecule has 0 saturated heterocycles. The van der Waals surface area contributed by atoms with Crippen molar-refractivity contribution in [2.24, 2.45) is 0 Å². The summed E-state index contributed by atoms with van der Waals surface area (Å²) in [6, 6.07) is 0. The van der Waals surface area contributed by atoms with E-state index in [1.807, 2.05) is 0 Å². The summed E-state index contributed by atoms with van der Waals surface area (Å²) in [5, 5.41) is 0. The Morgan fingerprint density at radius 3 is 2.60 bits per heavy atom. The van der Waals surface area contributed by atoms with Gasteiger partial charge < -0.3 is 0 Å². The second kappa shape index (κ2) is 9.35. The molecule has 0 heterocycles. The maximum atomic E-state index is 3.30. The molecule has 0 fully saturated rings. The molecular weight excluding hydrogens is 236 g/mol.